The Kier molecular flexibility index (Phi) is 26.9. The van der Waals surface area contributed by atoms with E-state index in [1.54, 1.807) is 16.7 Å². The summed E-state index contributed by atoms with van der Waals surface area (Å²) in [6.45, 7) is 33.5. The van der Waals surface area contributed by atoms with Crippen LogP contribution in [0.4, 0.5) is 0 Å². The van der Waals surface area contributed by atoms with Gasteiger partial charge in [0, 0.05) is 0 Å². The summed E-state index contributed by atoms with van der Waals surface area (Å²) < 4.78 is 0. The van der Waals surface area contributed by atoms with Crippen LogP contribution in [-0.2, 0) is 19.3 Å². The standard InChI is InChI=1S/3C13H18.3C12H18/c1-11-7-5-6-10-13(11)12-8-3-2-4-9-12;1-11-6-5-9-13(10-11)12-7-3-2-4-8-12;1-11-7-9-13(10-8-11)12-5-3-2-4-6-12;1-10-5-7-11(8-6-10)9-12(2,3)4;1-10-6-5-7-11(8-10)9-12(2,3)4;1-10-7-5-6-8-11(10)9-12(2,3)4/h5-7,10,12H,2-4,8-9H2,1H3;5-6,9-10,12H,2-4,7-8H2,1H3;7-10,12H,2-6H2,1H3;3*5-8H,9H2,1-4H3. The van der Waals surface area contributed by atoms with Crippen molar-refractivity contribution in [2.24, 2.45) is 16.2 Å². The fraction of sp³-hybridized carbons (Fsp3) is 0.520. The Morgan fingerprint density at radius 2 is 0.720 bits per heavy atom. The van der Waals surface area contributed by atoms with Crippen LogP contribution in [0.1, 0.15) is 243 Å². The van der Waals surface area contributed by atoms with Gasteiger partial charge in [-0.25, -0.2) is 0 Å². The molecule has 6 aromatic rings. The van der Waals surface area contributed by atoms with Crippen LogP contribution in [-0.4, -0.2) is 0 Å². The van der Waals surface area contributed by atoms with Gasteiger partial charge < -0.3 is 0 Å². The summed E-state index contributed by atoms with van der Waals surface area (Å²) in [5.74, 6) is 2.57. The molecule has 75 heavy (non-hydrogen) atoms. The zero-order chi connectivity index (χ0) is 54.9. The summed E-state index contributed by atoms with van der Waals surface area (Å²) in [6, 6.07) is 53.2. The monoisotopic (exact) mass is 1010 g/mol. The molecule has 0 heteroatoms. The minimum absolute atomic E-state index is 0.395. The van der Waals surface area contributed by atoms with Crippen LogP contribution in [0.5, 0.6) is 0 Å². The van der Waals surface area contributed by atoms with Crippen molar-refractivity contribution >= 4 is 0 Å². The topological polar surface area (TPSA) is 0 Å². The van der Waals surface area contributed by atoms with Gasteiger partial charge in [-0.3, -0.25) is 0 Å². The first-order chi connectivity index (χ1) is 35.5. The van der Waals surface area contributed by atoms with Crippen LogP contribution >= 0.6 is 0 Å². The van der Waals surface area contributed by atoms with Gasteiger partial charge >= 0.3 is 0 Å². The molecule has 0 aliphatic heterocycles. The maximum absolute atomic E-state index is 2.36. The minimum atomic E-state index is 0.395. The number of aryl methyl sites for hydroxylation is 6. The quantitative estimate of drug-likeness (QED) is 0.156. The third kappa shape index (κ3) is 26.8. The van der Waals surface area contributed by atoms with Crippen molar-refractivity contribution in [1.29, 1.82) is 0 Å². The first kappa shape index (κ1) is 62.9. The molecular weight excluding hydrogens is 901 g/mol. The Bertz CT molecular complexity index is 2440. The second-order valence-corrected chi connectivity index (χ2v) is 26.8. The van der Waals surface area contributed by atoms with Crippen LogP contribution in [0, 0.1) is 57.8 Å². The largest absolute Gasteiger partial charge is 0.0620 e. The molecule has 0 nitrogen and oxygen atoms in total. The smallest absolute Gasteiger partial charge is 0.0159 e. The van der Waals surface area contributed by atoms with E-state index in [9.17, 15) is 0 Å². The lowest BCUT2D eigenvalue weighted by Crippen LogP contribution is -2.09. The van der Waals surface area contributed by atoms with Crippen LogP contribution in [0.2, 0.25) is 0 Å². The molecule has 0 spiro atoms. The molecule has 0 unspecified atom stereocenters. The molecule has 0 aromatic heterocycles. The molecule has 3 fully saturated rings. The average molecular weight is 1010 g/mol. The maximum atomic E-state index is 2.36. The molecule has 3 aliphatic rings. The Morgan fingerprint density at radius 3 is 1.19 bits per heavy atom. The summed E-state index contributed by atoms with van der Waals surface area (Å²) in [5, 5.41) is 0. The summed E-state index contributed by atoms with van der Waals surface area (Å²) >= 11 is 0. The third-order valence-corrected chi connectivity index (χ3v) is 15.2. The fourth-order valence-electron chi connectivity index (χ4n) is 11.2. The number of hydrogen-bond acceptors (Lipinski definition) is 0. The fourth-order valence-corrected chi connectivity index (χ4v) is 11.2. The van der Waals surface area contributed by atoms with Gasteiger partial charge in [0.1, 0.15) is 0 Å². The Morgan fingerprint density at radius 1 is 0.307 bits per heavy atom. The molecule has 408 valence electrons. The molecule has 0 heterocycles. The highest BCUT2D eigenvalue weighted by Gasteiger charge is 2.18. The zero-order valence-electron chi connectivity index (χ0n) is 50.8. The van der Waals surface area contributed by atoms with Gasteiger partial charge in [-0.05, 0) is 178 Å². The highest BCUT2D eigenvalue weighted by atomic mass is 14.2. The molecule has 0 saturated heterocycles. The second-order valence-electron chi connectivity index (χ2n) is 26.8. The van der Waals surface area contributed by atoms with Gasteiger partial charge in [-0.15, -0.1) is 0 Å². The van der Waals surface area contributed by atoms with Crippen LogP contribution in [0.3, 0.4) is 0 Å². The second kappa shape index (κ2) is 32.1. The summed E-state index contributed by atoms with van der Waals surface area (Å²) in [7, 11) is 0. The lowest BCUT2D eigenvalue weighted by Gasteiger charge is -2.23. The van der Waals surface area contributed by atoms with Crippen molar-refractivity contribution in [3.8, 4) is 0 Å². The third-order valence-electron chi connectivity index (χ3n) is 15.2. The number of rotatable bonds is 6. The normalized spacial score (nSPS) is 15.4. The predicted molar refractivity (Wildman–Crippen MR) is 334 cm³/mol. The predicted octanol–water partition coefficient (Wildman–Crippen LogP) is 22.9. The lowest BCUT2D eigenvalue weighted by atomic mass is 9.82. The highest BCUT2D eigenvalue weighted by Crippen LogP contribution is 2.35. The first-order valence-electron chi connectivity index (χ1n) is 29.9. The molecule has 9 rings (SSSR count). The van der Waals surface area contributed by atoms with Crippen LogP contribution in [0.25, 0.3) is 0 Å². The SMILES string of the molecule is Cc1ccc(C2CCCCC2)cc1.Cc1ccc(CC(C)(C)C)cc1.Cc1cccc(C2CCCCC2)c1.Cc1cccc(CC(C)(C)C)c1.Cc1ccccc1C1CCCCC1.Cc1ccccc1CC(C)(C)C. The van der Waals surface area contributed by atoms with Crippen molar-refractivity contribution in [2.45, 2.75) is 237 Å². The summed E-state index contributed by atoms with van der Waals surface area (Å²) in [6.07, 6.45) is 24.8. The molecular formula is C75H108. The number of benzene rings is 6. The van der Waals surface area contributed by atoms with E-state index in [-0.39, 0.29) is 0 Å². The Labute approximate surface area is 463 Å². The van der Waals surface area contributed by atoms with Gasteiger partial charge in [0.2, 0.25) is 0 Å². The molecule has 6 aromatic carbocycles. The molecule has 0 atom stereocenters. The van der Waals surface area contributed by atoms with Crippen molar-refractivity contribution in [2.75, 3.05) is 0 Å². The van der Waals surface area contributed by atoms with E-state index in [2.05, 4.69) is 249 Å². The van der Waals surface area contributed by atoms with E-state index in [0.29, 0.717) is 16.2 Å². The van der Waals surface area contributed by atoms with E-state index in [1.165, 1.54) is 153 Å². The van der Waals surface area contributed by atoms with E-state index in [0.717, 1.165) is 30.6 Å². The van der Waals surface area contributed by atoms with Crippen LogP contribution < -0.4 is 0 Å². The summed E-state index contributed by atoms with van der Waals surface area (Å²) in [5.41, 5.74) is 18.6. The Hall–Kier alpha value is -4.68. The molecule has 0 radical (unpaired) electrons. The number of hydrogen-bond donors (Lipinski definition) is 0. The maximum Gasteiger partial charge on any atom is -0.0159 e. The molecule has 0 amide bonds. The summed E-state index contributed by atoms with van der Waals surface area (Å²) in [4.78, 5) is 0. The molecule has 0 N–H and O–H groups in total. The molecule has 3 saturated carbocycles. The van der Waals surface area contributed by atoms with Gasteiger partial charge in [0.05, 0.1) is 0 Å². The van der Waals surface area contributed by atoms with Gasteiger partial charge in [-0.2, -0.15) is 0 Å². The van der Waals surface area contributed by atoms with Crippen molar-refractivity contribution in [3.63, 3.8) is 0 Å². The van der Waals surface area contributed by atoms with E-state index in [4.69, 9.17) is 0 Å². The first-order valence-corrected chi connectivity index (χ1v) is 29.9. The van der Waals surface area contributed by atoms with E-state index < -0.39 is 0 Å². The van der Waals surface area contributed by atoms with Gasteiger partial charge in [0.25, 0.3) is 0 Å². The van der Waals surface area contributed by atoms with E-state index >= 15 is 0 Å². The van der Waals surface area contributed by atoms with Gasteiger partial charge in [-0.1, -0.05) is 288 Å². The lowest BCUT2D eigenvalue weighted by molar-refractivity contribution is 0.410. The van der Waals surface area contributed by atoms with Crippen LogP contribution in [0.15, 0.2) is 146 Å². The molecule has 0 bridgehead atoms. The van der Waals surface area contributed by atoms with Crippen molar-refractivity contribution < 1.29 is 0 Å². The zero-order valence-corrected chi connectivity index (χ0v) is 50.8. The Balaban J connectivity index is 0.000000195. The highest BCUT2D eigenvalue weighted by molar-refractivity contribution is 5.30. The van der Waals surface area contributed by atoms with Crippen molar-refractivity contribution in [3.05, 3.63) is 212 Å². The van der Waals surface area contributed by atoms with Gasteiger partial charge in [0.15, 0.2) is 0 Å². The van der Waals surface area contributed by atoms with E-state index in [1.807, 2.05) is 0 Å². The average Bonchev–Trinajstić information content (AvgIpc) is 3.36. The minimum Gasteiger partial charge on any atom is -0.0620 e. The molecule has 3 aliphatic carbocycles. The van der Waals surface area contributed by atoms with Crippen molar-refractivity contribution in [1.82, 2.24) is 0 Å².